The Balaban J connectivity index is 2.35. The first-order valence-corrected chi connectivity index (χ1v) is 2.70. The number of hydrogen-bond acceptors (Lipinski definition) is 1. The topological polar surface area (TPSA) is 51.4 Å². The highest BCUT2D eigenvalue weighted by Crippen LogP contribution is 2.17. The highest BCUT2D eigenvalue weighted by Gasteiger charge is 2.09. The highest BCUT2D eigenvalue weighted by molar-refractivity contribution is 5.76. The van der Waals surface area contributed by atoms with E-state index < -0.39 is 12.0 Å². The van der Waals surface area contributed by atoms with E-state index in [1.54, 1.807) is 0 Å². The molecule has 8 heavy (non-hydrogen) atoms. The van der Waals surface area contributed by atoms with Crippen LogP contribution in [0.1, 0.15) is 12.8 Å². The van der Waals surface area contributed by atoms with E-state index in [0.717, 1.165) is 19.4 Å². The Labute approximate surface area is 47.7 Å². The van der Waals surface area contributed by atoms with Crippen LogP contribution in [0.25, 0.3) is 5.32 Å². The summed E-state index contributed by atoms with van der Waals surface area (Å²) in [7, 11) is 0. The molecular weight excluding hydrogens is 106 g/mol. The van der Waals surface area contributed by atoms with Crippen molar-refractivity contribution in [2.75, 3.05) is 6.54 Å². The summed E-state index contributed by atoms with van der Waals surface area (Å²) >= 11 is 0. The Hall–Kier alpha value is -0.570. The molecule has 0 radical (unpaired) electrons. The standard InChI is InChI=1S/C5H8NO2/c7-5(8)4-2-1-3-6-4/h4H,1-3H2,(H,7,8)/q-1/t4-/m1/s1. The van der Waals surface area contributed by atoms with E-state index in [1.165, 1.54) is 0 Å². The van der Waals surface area contributed by atoms with Gasteiger partial charge in [0.15, 0.2) is 0 Å². The molecule has 0 amide bonds. The monoisotopic (exact) mass is 114 g/mol. The summed E-state index contributed by atoms with van der Waals surface area (Å²) in [6, 6.07) is -0.394. The average molecular weight is 114 g/mol. The molecule has 1 aliphatic heterocycles. The molecule has 1 heterocycles. The Kier molecular flexibility index (Phi) is 1.48. The average Bonchev–Trinajstić information content (AvgIpc) is 2.12. The molecule has 1 saturated heterocycles. The Bertz CT molecular complexity index is 96.6. The fraction of sp³-hybridized carbons (Fsp3) is 0.800. The van der Waals surface area contributed by atoms with Gasteiger partial charge >= 0.3 is 0 Å². The van der Waals surface area contributed by atoms with Crippen molar-refractivity contribution in [1.29, 1.82) is 0 Å². The zero-order valence-electron chi connectivity index (χ0n) is 4.50. The van der Waals surface area contributed by atoms with Crippen molar-refractivity contribution >= 4 is 5.97 Å². The van der Waals surface area contributed by atoms with E-state index >= 15 is 0 Å². The van der Waals surface area contributed by atoms with Crippen LogP contribution in [0, 0.1) is 0 Å². The first-order chi connectivity index (χ1) is 3.80. The lowest BCUT2D eigenvalue weighted by Gasteiger charge is -2.15. The lowest BCUT2D eigenvalue weighted by atomic mass is 10.2. The molecule has 0 aromatic rings. The summed E-state index contributed by atoms with van der Waals surface area (Å²) in [5, 5.41) is 12.2. The van der Waals surface area contributed by atoms with Gasteiger partial charge in [-0.1, -0.05) is 12.8 Å². The zero-order chi connectivity index (χ0) is 5.98. The number of carbonyl (C=O) groups is 1. The number of nitrogens with zero attached hydrogens (tertiary/aromatic N) is 1. The van der Waals surface area contributed by atoms with Crippen LogP contribution in [-0.4, -0.2) is 23.7 Å². The quantitative estimate of drug-likeness (QED) is 0.542. The van der Waals surface area contributed by atoms with Crippen LogP contribution in [0.15, 0.2) is 0 Å². The lowest BCUT2D eigenvalue weighted by Crippen LogP contribution is -2.13. The lowest BCUT2D eigenvalue weighted by molar-refractivity contribution is -0.137. The maximum atomic E-state index is 10.1. The number of carboxylic acids is 1. The first-order valence-electron chi connectivity index (χ1n) is 2.70. The normalized spacial score (nSPS) is 28.2. The predicted octanol–water partition coefficient (Wildman–Crippen LogP) is 0.607. The third-order valence-corrected chi connectivity index (χ3v) is 1.27. The van der Waals surface area contributed by atoms with E-state index in [4.69, 9.17) is 5.11 Å². The molecule has 0 aliphatic carbocycles. The third kappa shape index (κ3) is 0.980. The van der Waals surface area contributed by atoms with Crippen LogP contribution in [0.2, 0.25) is 0 Å². The first kappa shape index (κ1) is 5.56. The van der Waals surface area contributed by atoms with E-state index in [9.17, 15) is 4.79 Å². The molecule has 1 aliphatic rings. The van der Waals surface area contributed by atoms with Gasteiger partial charge in [-0.2, -0.15) is 0 Å². The minimum atomic E-state index is -0.775. The molecule has 0 aromatic heterocycles. The van der Waals surface area contributed by atoms with Gasteiger partial charge in [0.2, 0.25) is 0 Å². The molecule has 1 rings (SSSR count). The largest absolute Gasteiger partial charge is 0.650 e. The van der Waals surface area contributed by atoms with Gasteiger partial charge in [-0.3, -0.25) is 4.79 Å². The van der Waals surface area contributed by atoms with Crippen LogP contribution >= 0.6 is 0 Å². The van der Waals surface area contributed by atoms with Crippen LogP contribution in [0.3, 0.4) is 0 Å². The second-order valence-electron chi connectivity index (χ2n) is 1.90. The van der Waals surface area contributed by atoms with Crippen LogP contribution in [0.4, 0.5) is 0 Å². The van der Waals surface area contributed by atoms with Gasteiger partial charge in [0.05, 0.1) is 0 Å². The van der Waals surface area contributed by atoms with E-state index in [1.807, 2.05) is 0 Å². The summed E-state index contributed by atoms with van der Waals surface area (Å²) in [5.74, 6) is -0.775. The van der Waals surface area contributed by atoms with Crippen molar-refractivity contribution in [3.63, 3.8) is 0 Å². The molecule has 1 fully saturated rings. The van der Waals surface area contributed by atoms with E-state index in [2.05, 4.69) is 5.32 Å². The second-order valence-corrected chi connectivity index (χ2v) is 1.90. The van der Waals surface area contributed by atoms with Crippen LogP contribution in [0.5, 0.6) is 0 Å². The summed E-state index contributed by atoms with van der Waals surface area (Å²) in [5.41, 5.74) is 0. The van der Waals surface area contributed by atoms with Crippen molar-refractivity contribution in [2.45, 2.75) is 18.9 Å². The fourth-order valence-electron chi connectivity index (χ4n) is 0.825. The molecule has 0 aromatic carbocycles. The van der Waals surface area contributed by atoms with Crippen molar-refractivity contribution in [3.05, 3.63) is 5.32 Å². The number of carboxylic acid groups (broad SMARTS) is 1. The summed E-state index contributed by atoms with van der Waals surface area (Å²) in [6.45, 7) is 0.733. The predicted molar refractivity (Wildman–Crippen MR) is 28.9 cm³/mol. The fourth-order valence-corrected chi connectivity index (χ4v) is 0.825. The molecule has 0 saturated carbocycles. The van der Waals surface area contributed by atoms with E-state index in [0.29, 0.717) is 0 Å². The maximum Gasteiger partial charge on any atom is 0.285 e. The molecule has 46 valence electrons. The number of hydrogen-bond donors (Lipinski definition) is 1. The number of aliphatic carboxylic acids is 1. The zero-order valence-corrected chi connectivity index (χ0v) is 4.50. The van der Waals surface area contributed by atoms with Gasteiger partial charge in [0, 0.05) is 0 Å². The summed E-state index contributed by atoms with van der Waals surface area (Å²) in [4.78, 5) is 10.1. The highest BCUT2D eigenvalue weighted by atomic mass is 16.4. The smallest absolute Gasteiger partial charge is 0.285 e. The maximum absolute atomic E-state index is 10.1. The molecule has 1 atom stereocenters. The van der Waals surface area contributed by atoms with Gasteiger partial charge in [-0.05, 0) is 6.04 Å². The van der Waals surface area contributed by atoms with Crippen molar-refractivity contribution in [1.82, 2.24) is 0 Å². The molecule has 0 unspecified atom stereocenters. The molecule has 1 N–H and O–H groups in total. The SMILES string of the molecule is O=C(O)[C@H]1CCC[N-]1. The van der Waals surface area contributed by atoms with Gasteiger partial charge in [-0.15, -0.1) is 6.54 Å². The third-order valence-electron chi connectivity index (χ3n) is 1.27. The van der Waals surface area contributed by atoms with Crippen molar-refractivity contribution in [3.8, 4) is 0 Å². The Morgan fingerprint density at radius 1 is 1.75 bits per heavy atom. The van der Waals surface area contributed by atoms with Crippen LogP contribution < -0.4 is 0 Å². The van der Waals surface area contributed by atoms with Gasteiger partial charge in [0.1, 0.15) is 0 Å². The minimum Gasteiger partial charge on any atom is -0.650 e. The van der Waals surface area contributed by atoms with E-state index in [-0.39, 0.29) is 0 Å². The molecular formula is C5H8NO2-. The molecule has 0 spiro atoms. The molecule has 0 bridgehead atoms. The van der Waals surface area contributed by atoms with Crippen LogP contribution in [-0.2, 0) is 4.79 Å². The Morgan fingerprint density at radius 3 is 2.75 bits per heavy atom. The molecule has 3 heteroatoms. The Morgan fingerprint density at radius 2 is 2.50 bits per heavy atom. The minimum absolute atomic E-state index is 0.394. The molecule has 3 nitrogen and oxygen atoms in total. The van der Waals surface area contributed by atoms with Gasteiger partial charge < -0.3 is 10.4 Å². The van der Waals surface area contributed by atoms with Gasteiger partial charge in [-0.25, -0.2) is 0 Å². The van der Waals surface area contributed by atoms with Gasteiger partial charge in [0.25, 0.3) is 5.97 Å². The summed E-state index contributed by atoms with van der Waals surface area (Å²) in [6.07, 6.45) is 1.67. The van der Waals surface area contributed by atoms with Crippen molar-refractivity contribution in [2.24, 2.45) is 0 Å². The second kappa shape index (κ2) is 2.13. The van der Waals surface area contributed by atoms with Crippen molar-refractivity contribution < 1.29 is 9.90 Å². The summed E-state index contributed by atoms with van der Waals surface area (Å²) < 4.78 is 0. The number of rotatable bonds is 1.